The fourth-order valence-electron chi connectivity index (χ4n) is 3.10. The average molecular weight is 420 g/mol. The van der Waals surface area contributed by atoms with Gasteiger partial charge in [0.05, 0.1) is 16.8 Å². The zero-order valence-electron chi connectivity index (χ0n) is 14.3. The lowest BCUT2D eigenvalue weighted by Crippen LogP contribution is -2.16. The second kappa shape index (κ2) is 6.54. The molecule has 0 radical (unpaired) electrons. The molecule has 0 saturated heterocycles. The second-order valence-electron chi connectivity index (χ2n) is 6.18. The maximum atomic E-state index is 13.4. The molecule has 2 aromatic carbocycles. The zero-order valence-corrected chi connectivity index (χ0v) is 15.9. The van der Waals surface area contributed by atoms with E-state index in [2.05, 4.69) is 4.98 Å². The number of hydrogen-bond acceptors (Lipinski definition) is 6. The number of aryl methyl sites for hydroxylation is 1. The molecule has 0 bridgehead atoms. The Balaban J connectivity index is 1.93. The highest BCUT2D eigenvalue weighted by molar-refractivity contribution is 7.90. The number of fused-ring (bicyclic) bond motifs is 2. The van der Waals surface area contributed by atoms with Crippen LogP contribution in [0, 0.1) is 0 Å². The Morgan fingerprint density at radius 2 is 2.00 bits per heavy atom. The highest BCUT2D eigenvalue weighted by atomic mass is 35.5. The molecule has 0 saturated carbocycles. The summed E-state index contributed by atoms with van der Waals surface area (Å²) >= 11 is 6.02. The summed E-state index contributed by atoms with van der Waals surface area (Å²) in [6, 6.07) is 10.6. The SMILES string of the molecule is Nc1nc2ccc(S(=O)(=O)n3c(CCC(=O)O)cc4cc(Cl)ccc43)cc2o1. The Morgan fingerprint density at radius 3 is 2.75 bits per heavy atom. The number of rotatable bonds is 5. The van der Waals surface area contributed by atoms with Crippen molar-refractivity contribution in [3.8, 4) is 0 Å². The molecule has 4 aromatic rings. The quantitative estimate of drug-likeness (QED) is 0.507. The topological polar surface area (TPSA) is 128 Å². The van der Waals surface area contributed by atoms with Crippen molar-refractivity contribution in [3.63, 3.8) is 0 Å². The third kappa shape index (κ3) is 3.08. The monoisotopic (exact) mass is 419 g/mol. The van der Waals surface area contributed by atoms with E-state index in [1.54, 1.807) is 24.3 Å². The maximum absolute atomic E-state index is 13.4. The van der Waals surface area contributed by atoms with Crippen LogP contribution in [0.3, 0.4) is 0 Å². The van der Waals surface area contributed by atoms with Crippen molar-refractivity contribution in [2.75, 3.05) is 5.73 Å². The van der Waals surface area contributed by atoms with Crippen LogP contribution in [0.2, 0.25) is 5.02 Å². The van der Waals surface area contributed by atoms with Crippen molar-refractivity contribution in [2.24, 2.45) is 0 Å². The number of carboxylic acids is 1. The molecule has 0 atom stereocenters. The van der Waals surface area contributed by atoms with Gasteiger partial charge in [-0.25, -0.2) is 12.4 Å². The molecule has 0 aliphatic heterocycles. The third-order valence-corrected chi connectivity index (χ3v) is 6.30. The summed E-state index contributed by atoms with van der Waals surface area (Å²) in [6.07, 6.45) is -0.171. The summed E-state index contributed by atoms with van der Waals surface area (Å²) in [6.45, 7) is 0. The standard InChI is InChI=1S/C18H14ClN3O5S/c19-11-1-5-15-10(7-11)8-12(2-6-17(23)24)22(15)28(25,26)13-3-4-14-16(9-13)27-18(20)21-14/h1,3-5,7-9H,2,6H2,(H2,20,21)(H,23,24). The lowest BCUT2D eigenvalue weighted by atomic mass is 10.2. The minimum atomic E-state index is -4.04. The van der Waals surface area contributed by atoms with Gasteiger partial charge in [0, 0.05) is 22.2 Å². The first-order chi connectivity index (χ1) is 13.3. The van der Waals surface area contributed by atoms with E-state index in [1.165, 1.54) is 18.2 Å². The number of benzene rings is 2. The molecule has 4 rings (SSSR count). The van der Waals surface area contributed by atoms with Gasteiger partial charge >= 0.3 is 5.97 Å². The first kappa shape index (κ1) is 18.3. The fraction of sp³-hybridized carbons (Fsp3) is 0.111. The van der Waals surface area contributed by atoms with Crippen molar-refractivity contribution in [1.82, 2.24) is 8.96 Å². The fourth-order valence-corrected chi connectivity index (χ4v) is 4.87. The van der Waals surface area contributed by atoms with E-state index in [0.717, 1.165) is 3.97 Å². The molecule has 0 aliphatic rings. The Hall–Kier alpha value is -3.04. The van der Waals surface area contributed by atoms with E-state index < -0.39 is 16.0 Å². The van der Waals surface area contributed by atoms with E-state index in [4.69, 9.17) is 26.9 Å². The van der Waals surface area contributed by atoms with Gasteiger partial charge in [0.15, 0.2) is 5.58 Å². The molecule has 28 heavy (non-hydrogen) atoms. The van der Waals surface area contributed by atoms with Crippen LogP contribution in [-0.4, -0.2) is 28.5 Å². The number of aromatic nitrogens is 2. The molecule has 2 aromatic heterocycles. The summed E-state index contributed by atoms with van der Waals surface area (Å²) in [5, 5.41) is 10.1. The second-order valence-corrected chi connectivity index (χ2v) is 8.41. The minimum Gasteiger partial charge on any atom is -0.481 e. The third-order valence-electron chi connectivity index (χ3n) is 4.30. The number of carboxylic acid groups (broad SMARTS) is 1. The van der Waals surface area contributed by atoms with Gasteiger partial charge in [0.25, 0.3) is 16.0 Å². The Kier molecular flexibility index (Phi) is 4.28. The van der Waals surface area contributed by atoms with Gasteiger partial charge in [0.2, 0.25) is 0 Å². The predicted molar refractivity (Wildman–Crippen MR) is 104 cm³/mol. The summed E-state index contributed by atoms with van der Waals surface area (Å²) < 4.78 is 33.2. The van der Waals surface area contributed by atoms with Gasteiger partial charge in [-0.15, -0.1) is 0 Å². The van der Waals surface area contributed by atoms with E-state index in [0.29, 0.717) is 27.1 Å². The molecule has 0 amide bonds. The van der Waals surface area contributed by atoms with Crippen LogP contribution < -0.4 is 5.73 Å². The van der Waals surface area contributed by atoms with Crippen LogP contribution in [0.25, 0.3) is 22.0 Å². The van der Waals surface area contributed by atoms with E-state index in [9.17, 15) is 13.2 Å². The Labute approximate surface area is 164 Å². The molecule has 10 heteroatoms. The lowest BCUT2D eigenvalue weighted by Gasteiger charge is -2.11. The van der Waals surface area contributed by atoms with Gasteiger partial charge in [-0.05, 0) is 42.8 Å². The molecule has 0 aliphatic carbocycles. The first-order valence-electron chi connectivity index (χ1n) is 8.19. The van der Waals surface area contributed by atoms with Crippen molar-refractivity contribution in [2.45, 2.75) is 17.7 Å². The van der Waals surface area contributed by atoms with E-state index in [-0.39, 0.29) is 29.3 Å². The molecular weight excluding hydrogens is 406 g/mol. The number of carbonyl (C=O) groups is 1. The number of hydrogen-bond donors (Lipinski definition) is 2. The molecule has 2 heterocycles. The highest BCUT2D eigenvalue weighted by Gasteiger charge is 2.24. The van der Waals surface area contributed by atoms with Crippen LogP contribution >= 0.6 is 11.6 Å². The predicted octanol–water partition coefficient (Wildman–Crippen LogP) is 3.27. The number of nitrogen functional groups attached to an aromatic ring is 1. The minimum absolute atomic E-state index is 0.0276. The van der Waals surface area contributed by atoms with Crippen LogP contribution in [-0.2, 0) is 21.2 Å². The van der Waals surface area contributed by atoms with Gasteiger partial charge in [-0.2, -0.15) is 4.98 Å². The summed E-state index contributed by atoms with van der Waals surface area (Å²) in [7, 11) is -4.04. The van der Waals surface area contributed by atoms with Crippen molar-refractivity contribution in [1.29, 1.82) is 0 Å². The summed E-state index contributed by atoms with van der Waals surface area (Å²) in [4.78, 5) is 14.9. The van der Waals surface area contributed by atoms with Crippen molar-refractivity contribution < 1.29 is 22.7 Å². The van der Waals surface area contributed by atoms with Crippen molar-refractivity contribution >= 4 is 55.6 Å². The van der Waals surface area contributed by atoms with Crippen LogP contribution in [0.15, 0.2) is 51.8 Å². The molecule has 144 valence electrons. The first-order valence-corrected chi connectivity index (χ1v) is 10.0. The smallest absolute Gasteiger partial charge is 0.303 e. The molecule has 8 nitrogen and oxygen atoms in total. The number of nitrogens with two attached hydrogens (primary N) is 1. The largest absolute Gasteiger partial charge is 0.481 e. The number of oxazole rings is 1. The maximum Gasteiger partial charge on any atom is 0.303 e. The number of anilines is 1. The molecule has 0 spiro atoms. The van der Waals surface area contributed by atoms with E-state index in [1.807, 2.05) is 0 Å². The van der Waals surface area contributed by atoms with Crippen LogP contribution in [0.4, 0.5) is 6.01 Å². The van der Waals surface area contributed by atoms with Gasteiger partial charge in [-0.3, -0.25) is 4.79 Å². The number of nitrogens with zero attached hydrogens (tertiary/aromatic N) is 2. The van der Waals surface area contributed by atoms with Gasteiger partial charge in [0.1, 0.15) is 5.52 Å². The van der Waals surface area contributed by atoms with Gasteiger partial charge < -0.3 is 15.3 Å². The van der Waals surface area contributed by atoms with E-state index >= 15 is 0 Å². The van der Waals surface area contributed by atoms with Crippen molar-refractivity contribution in [3.05, 3.63) is 53.2 Å². The normalized spacial score (nSPS) is 12.0. The van der Waals surface area contributed by atoms with Crippen LogP contribution in [0.1, 0.15) is 12.1 Å². The zero-order chi connectivity index (χ0) is 20.1. The molecular formula is C18H14ClN3O5S. The van der Waals surface area contributed by atoms with Gasteiger partial charge in [-0.1, -0.05) is 11.6 Å². The molecule has 0 unspecified atom stereocenters. The summed E-state index contributed by atoms with van der Waals surface area (Å²) in [5.41, 5.74) is 6.95. The highest BCUT2D eigenvalue weighted by Crippen LogP contribution is 2.30. The number of halogens is 1. The average Bonchev–Trinajstić information content (AvgIpc) is 3.17. The molecule has 0 fully saturated rings. The summed E-state index contributed by atoms with van der Waals surface area (Å²) in [5.74, 6) is -1.02. The lowest BCUT2D eigenvalue weighted by molar-refractivity contribution is -0.136. The Bertz CT molecular complexity index is 1340. The van der Waals surface area contributed by atoms with Crippen LogP contribution in [0.5, 0.6) is 0 Å². The molecule has 3 N–H and O–H groups in total. The number of aliphatic carboxylic acids is 1. The Morgan fingerprint density at radius 1 is 1.21 bits per heavy atom.